The van der Waals surface area contributed by atoms with Crippen LogP contribution in [0.15, 0.2) is 0 Å². The highest BCUT2D eigenvalue weighted by Gasteiger charge is 2.44. The standard InChI is InChI=1S/C15H28O/c1-4-15(8-6-5-7-9-15)16-14-11-13(14)10-12(2)3/h12-14H,4-11H2,1-3H3. The minimum atomic E-state index is 0.272. The van der Waals surface area contributed by atoms with E-state index in [0.717, 1.165) is 11.8 Å². The van der Waals surface area contributed by atoms with Crippen LogP contribution in [0.2, 0.25) is 0 Å². The van der Waals surface area contributed by atoms with E-state index in [1.54, 1.807) is 0 Å². The Morgan fingerprint density at radius 3 is 2.44 bits per heavy atom. The molecule has 2 unspecified atom stereocenters. The van der Waals surface area contributed by atoms with Gasteiger partial charge in [-0.2, -0.15) is 0 Å². The molecule has 2 atom stereocenters. The molecule has 0 saturated heterocycles. The van der Waals surface area contributed by atoms with Gasteiger partial charge in [-0.1, -0.05) is 40.0 Å². The van der Waals surface area contributed by atoms with Crippen molar-refractivity contribution in [3.63, 3.8) is 0 Å². The van der Waals surface area contributed by atoms with Crippen LogP contribution in [0, 0.1) is 11.8 Å². The van der Waals surface area contributed by atoms with Crippen molar-refractivity contribution >= 4 is 0 Å². The third-order valence-electron chi connectivity index (χ3n) is 4.44. The van der Waals surface area contributed by atoms with E-state index < -0.39 is 0 Å². The second-order valence-electron chi connectivity index (χ2n) is 6.38. The first-order chi connectivity index (χ1) is 7.65. The second-order valence-corrected chi connectivity index (χ2v) is 6.38. The summed E-state index contributed by atoms with van der Waals surface area (Å²) in [5, 5.41) is 0. The Morgan fingerprint density at radius 2 is 1.88 bits per heavy atom. The number of hydrogen-bond donors (Lipinski definition) is 0. The van der Waals surface area contributed by atoms with E-state index in [0.29, 0.717) is 6.10 Å². The summed E-state index contributed by atoms with van der Waals surface area (Å²) in [7, 11) is 0. The van der Waals surface area contributed by atoms with Crippen molar-refractivity contribution in [2.24, 2.45) is 11.8 Å². The molecule has 1 nitrogen and oxygen atoms in total. The largest absolute Gasteiger partial charge is 0.371 e. The molecular weight excluding hydrogens is 196 g/mol. The van der Waals surface area contributed by atoms with E-state index in [-0.39, 0.29) is 5.60 Å². The average Bonchev–Trinajstić information content (AvgIpc) is 2.96. The molecule has 16 heavy (non-hydrogen) atoms. The summed E-state index contributed by atoms with van der Waals surface area (Å²) in [6.45, 7) is 6.96. The molecule has 2 rings (SSSR count). The van der Waals surface area contributed by atoms with Crippen LogP contribution in [-0.4, -0.2) is 11.7 Å². The molecule has 0 radical (unpaired) electrons. The highest BCUT2D eigenvalue weighted by atomic mass is 16.5. The summed E-state index contributed by atoms with van der Waals surface area (Å²) in [6.07, 6.45) is 11.3. The topological polar surface area (TPSA) is 9.23 Å². The molecule has 0 aromatic carbocycles. The Bertz CT molecular complexity index is 215. The molecule has 0 aromatic rings. The molecule has 0 bridgehead atoms. The SMILES string of the molecule is CCC1(OC2CC2CC(C)C)CCCCC1. The summed E-state index contributed by atoms with van der Waals surface area (Å²) in [5.74, 6) is 1.72. The van der Waals surface area contributed by atoms with Crippen LogP contribution < -0.4 is 0 Å². The van der Waals surface area contributed by atoms with Gasteiger partial charge in [-0.15, -0.1) is 0 Å². The summed E-state index contributed by atoms with van der Waals surface area (Å²) >= 11 is 0. The molecule has 0 aromatic heterocycles. The molecule has 2 aliphatic carbocycles. The Morgan fingerprint density at radius 1 is 1.19 bits per heavy atom. The average molecular weight is 224 g/mol. The van der Waals surface area contributed by atoms with E-state index >= 15 is 0 Å². The van der Waals surface area contributed by atoms with Crippen LogP contribution in [0.25, 0.3) is 0 Å². The van der Waals surface area contributed by atoms with E-state index in [1.807, 2.05) is 0 Å². The quantitative estimate of drug-likeness (QED) is 0.665. The van der Waals surface area contributed by atoms with Gasteiger partial charge in [0.1, 0.15) is 0 Å². The van der Waals surface area contributed by atoms with E-state index in [1.165, 1.54) is 51.4 Å². The van der Waals surface area contributed by atoms with E-state index in [2.05, 4.69) is 20.8 Å². The Labute approximate surface area is 101 Å². The Balaban J connectivity index is 1.79. The minimum Gasteiger partial charge on any atom is -0.371 e. The van der Waals surface area contributed by atoms with Gasteiger partial charge in [0, 0.05) is 0 Å². The summed E-state index contributed by atoms with van der Waals surface area (Å²) in [4.78, 5) is 0. The van der Waals surface area contributed by atoms with Crippen molar-refractivity contribution in [1.29, 1.82) is 0 Å². The van der Waals surface area contributed by atoms with E-state index in [4.69, 9.17) is 4.74 Å². The van der Waals surface area contributed by atoms with Crippen molar-refractivity contribution in [3.8, 4) is 0 Å². The lowest BCUT2D eigenvalue weighted by atomic mass is 9.82. The maximum Gasteiger partial charge on any atom is 0.0683 e. The van der Waals surface area contributed by atoms with Crippen molar-refractivity contribution in [1.82, 2.24) is 0 Å². The van der Waals surface area contributed by atoms with Gasteiger partial charge in [0.05, 0.1) is 11.7 Å². The second kappa shape index (κ2) is 5.08. The molecule has 0 N–H and O–H groups in total. The van der Waals surface area contributed by atoms with Gasteiger partial charge < -0.3 is 4.74 Å². The van der Waals surface area contributed by atoms with Crippen molar-refractivity contribution in [2.45, 2.75) is 83.8 Å². The first-order valence-corrected chi connectivity index (χ1v) is 7.33. The summed E-state index contributed by atoms with van der Waals surface area (Å²) < 4.78 is 6.45. The lowest BCUT2D eigenvalue weighted by Gasteiger charge is -2.37. The molecule has 2 aliphatic rings. The van der Waals surface area contributed by atoms with Gasteiger partial charge in [-0.3, -0.25) is 0 Å². The Kier molecular flexibility index (Phi) is 3.94. The minimum absolute atomic E-state index is 0.272. The summed E-state index contributed by atoms with van der Waals surface area (Å²) in [6, 6.07) is 0. The van der Waals surface area contributed by atoms with Gasteiger partial charge in [0.25, 0.3) is 0 Å². The first kappa shape index (κ1) is 12.4. The van der Waals surface area contributed by atoms with E-state index in [9.17, 15) is 0 Å². The lowest BCUT2D eigenvalue weighted by molar-refractivity contribution is -0.0879. The fraction of sp³-hybridized carbons (Fsp3) is 1.00. The van der Waals surface area contributed by atoms with Gasteiger partial charge >= 0.3 is 0 Å². The maximum absolute atomic E-state index is 6.45. The van der Waals surface area contributed by atoms with Crippen LogP contribution >= 0.6 is 0 Å². The highest BCUT2D eigenvalue weighted by molar-refractivity contribution is 4.93. The number of ether oxygens (including phenoxy) is 1. The molecule has 2 saturated carbocycles. The van der Waals surface area contributed by atoms with Gasteiger partial charge in [0.2, 0.25) is 0 Å². The zero-order chi connectivity index (χ0) is 11.6. The van der Waals surface area contributed by atoms with Gasteiger partial charge in [0.15, 0.2) is 0 Å². The number of rotatable bonds is 5. The Hall–Kier alpha value is -0.0400. The smallest absolute Gasteiger partial charge is 0.0683 e. The monoisotopic (exact) mass is 224 g/mol. The molecule has 0 amide bonds. The fourth-order valence-electron chi connectivity index (χ4n) is 3.29. The molecule has 2 fully saturated rings. The zero-order valence-corrected chi connectivity index (χ0v) is 11.3. The molecule has 0 heterocycles. The molecule has 0 aliphatic heterocycles. The zero-order valence-electron chi connectivity index (χ0n) is 11.3. The lowest BCUT2D eigenvalue weighted by Crippen LogP contribution is -2.35. The molecule has 94 valence electrons. The van der Waals surface area contributed by atoms with Crippen molar-refractivity contribution < 1.29 is 4.74 Å². The predicted octanol–water partition coefficient (Wildman–Crippen LogP) is 4.55. The third kappa shape index (κ3) is 3.00. The fourth-order valence-corrected chi connectivity index (χ4v) is 3.29. The van der Waals surface area contributed by atoms with Crippen molar-refractivity contribution in [3.05, 3.63) is 0 Å². The van der Waals surface area contributed by atoms with Crippen LogP contribution in [0.1, 0.15) is 72.1 Å². The van der Waals surface area contributed by atoms with Crippen LogP contribution in [0.3, 0.4) is 0 Å². The summed E-state index contributed by atoms with van der Waals surface area (Å²) in [5.41, 5.74) is 0.272. The first-order valence-electron chi connectivity index (χ1n) is 7.33. The molecular formula is C15H28O. The molecule has 0 spiro atoms. The third-order valence-corrected chi connectivity index (χ3v) is 4.44. The van der Waals surface area contributed by atoms with Gasteiger partial charge in [-0.05, 0) is 43.9 Å². The van der Waals surface area contributed by atoms with Gasteiger partial charge in [-0.25, -0.2) is 0 Å². The molecule has 1 heteroatoms. The van der Waals surface area contributed by atoms with Crippen molar-refractivity contribution in [2.75, 3.05) is 0 Å². The van der Waals surface area contributed by atoms with Crippen LogP contribution in [-0.2, 0) is 4.74 Å². The number of hydrogen-bond acceptors (Lipinski definition) is 1. The predicted molar refractivity (Wildman–Crippen MR) is 68.5 cm³/mol. The van der Waals surface area contributed by atoms with Crippen LogP contribution in [0.4, 0.5) is 0 Å². The highest BCUT2D eigenvalue weighted by Crippen LogP contribution is 2.45. The maximum atomic E-state index is 6.45. The normalized spacial score (nSPS) is 33.0. The van der Waals surface area contributed by atoms with Crippen LogP contribution in [0.5, 0.6) is 0 Å².